The van der Waals surface area contributed by atoms with Crippen molar-refractivity contribution >= 4 is 5.91 Å². The third-order valence-corrected chi connectivity index (χ3v) is 3.53. The first-order valence-corrected chi connectivity index (χ1v) is 6.22. The highest BCUT2D eigenvalue weighted by Gasteiger charge is 2.32. The monoisotopic (exact) mass is 222 g/mol. The van der Waals surface area contributed by atoms with Crippen molar-refractivity contribution in [2.75, 3.05) is 13.1 Å². The number of likely N-dealkylation sites (tertiary alicyclic amines) is 1. The molecular formula is C13H22N2O. The van der Waals surface area contributed by atoms with Gasteiger partial charge in [0.15, 0.2) is 0 Å². The number of amides is 1. The van der Waals surface area contributed by atoms with Crippen molar-refractivity contribution in [3.05, 3.63) is 0 Å². The number of carbonyl (C=O) groups excluding carboxylic acids is 1. The predicted molar refractivity (Wildman–Crippen MR) is 63.6 cm³/mol. The van der Waals surface area contributed by atoms with Crippen LogP contribution in [0, 0.1) is 22.7 Å². The second kappa shape index (κ2) is 5.34. The van der Waals surface area contributed by atoms with Gasteiger partial charge >= 0.3 is 0 Å². The quantitative estimate of drug-likeness (QED) is 0.720. The number of hydrogen-bond donors (Lipinski definition) is 0. The number of carbonyl (C=O) groups is 1. The molecule has 0 aromatic carbocycles. The van der Waals surface area contributed by atoms with Crippen LogP contribution >= 0.6 is 0 Å². The molecule has 1 heterocycles. The maximum absolute atomic E-state index is 12.1. The Bertz CT molecular complexity index is 291. The lowest BCUT2D eigenvalue weighted by Crippen LogP contribution is -2.40. The van der Waals surface area contributed by atoms with Crippen molar-refractivity contribution in [3.63, 3.8) is 0 Å². The minimum atomic E-state index is -0.869. The molecule has 0 spiro atoms. The molecule has 3 nitrogen and oxygen atoms in total. The molecule has 16 heavy (non-hydrogen) atoms. The fourth-order valence-corrected chi connectivity index (χ4v) is 2.22. The van der Waals surface area contributed by atoms with Crippen molar-refractivity contribution in [1.82, 2.24) is 4.90 Å². The summed E-state index contributed by atoms with van der Waals surface area (Å²) in [7, 11) is 0. The first-order chi connectivity index (χ1) is 7.51. The molecule has 1 amide bonds. The van der Waals surface area contributed by atoms with Gasteiger partial charge in [-0.3, -0.25) is 4.79 Å². The Morgan fingerprint density at radius 1 is 1.44 bits per heavy atom. The fourth-order valence-electron chi connectivity index (χ4n) is 2.22. The number of hydrogen-bond acceptors (Lipinski definition) is 2. The van der Waals surface area contributed by atoms with Crippen molar-refractivity contribution in [2.45, 2.75) is 46.5 Å². The van der Waals surface area contributed by atoms with Gasteiger partial charge in [0.25, 0.3) is 0 Å². The van der Waals surface area contributed by atoms with E-state index < -0.39 is 5.41 Å². The highest BCUT2D eigenvalue weighted by atomic mass is 16.2. The molecule has 1 saturated heterocycles. The molecule has 0 N–H and O–H groups in total. The van der Waals surface area contributed by atoms with Crippen LogP contribution in [0.25, 0.3) is 0 Å². The topological polar surface area (TPSA) is 44.1 Å². The van der Waals surface area contributed by atoms with Crippen LogP contribution in [-0.2, 0) is 4.79 Å². The van der Waals surface area contributed by atoms with Crippen LogP contribution in [0.4, 0.5) is 0 Å². The number of nitrogens with zero attached hydrogens (tertiary/aromatic N) is 2. The van der Waals surface area contributed by atoms with Crippen LogP contribution < -0.4 is 0 Å². The molecule has 1 unspecified atom stereocenters. The van der Waals surface area contributed by atoms with E-state index in [1.807, 2.05) is 4.90 Å². The molecule has 0 radical (unpaired) electrons. The maximum atomic E-state index is 12.1. The van der Waals surface area contributed by atoms with E-state index in [1.54, 1.807) is 13.8 Å². The fraction of sp³-hybridized carbons (Fsp3) is 0.846. The average Bonchev–Trinajstić information content (AvgIpc) is 2.52. The first kappa shape index (κ1) is 13.0. The van der Waals surface area contributed by atoms with E-state index in [2.05, 4.69) is 13.0 Å². The summed E-state index contributed by atoms with van der Waals surface area (Å²) in [4.78, 5) is 14.0. The molecule has 1 fully saturated rings. The summed E-state index contributed by atoms with van der Waals surface area (Å²) >= 11 is 0. The molecule has 0 aromatic heterocycles. The van der Waals surface area contributed by atoms with Gasteiger partial charge in [-0.05, 0) is 39.0 Å². The third kappa shape index (κ3) is 2.98. The third-order valence-electron chi connectivity index (χ3n) is 3.53. The molecule has 0 aromatic rings. The van der Waals surface area contributed by atoms with Crippen molar-refractivity contribution in [1.29, 1.82) is 5.26 Å². The molecule has 0 bridgehead atoms. The van der Waals surface area contributed by atoms with E-state index in [4.69, 9.17) is 5.26 Å². The summed E-state index contributed by atoms with van der Waals surface area (Å²) in [5.41, 5.74) is -0.869. The van der Waals surface area contributed by atoms with Crippen molar-refractivity contribution in [2.24, 2.45) is 11.3 Å². The van der Waals surface area contributed by atoms with Gasteiger partial charge < -0.3 is 4.90 Å². The normalized spacial score (nSPS) is 22.4. The second-order valence-electron chi connectivity index (χ2n) is 5.23. The molecular weight excluding hydrogens is 200 g/mol. The van der Waals surface area contributed by atoms with Gasteiger partial charge in [0, 0.05) is 13.1 Å². The van der Waals surface area contributed by atoms with Gasteiger partial charge in [-0.15, -0.1) is 0 Å². The van der Waals surface area contributed by atoms with E-state index in [1.165, 1.54) is 12.8 Å². The molecule has 1 aliphatic heterocycles. The van der Waals surface area contributed by atoms with Gasteiger partial charge in [0.2, 0.25) is 5.91 Å². The highest BCUT2D eigenvalue weighted by Crippen LogP contribution is 2.24. The van der Waals surface area contributed by atoms with Crippen LogP contribution in [0.15, 0.2) is 0 Å². The maximum Gasteiger partial charge on any atom is 0.242 e. The Kier molecular flexibility index (Phi) is 4.35. The zero-order chi connectivity index (χ0) is 12.2. The van der Waals surface area contributed by atoms with Gasteiger partial charge in [-0.1, -0.05) is 13.3 Å². The summed E-state index contributed by atoms with van der Waals surface area (Å²) in [5, 5.41) is 8.97. The Morgan fingerprint density at radius 3 is 2.69 bits per heavy atom. The largest absolute Gasteiger partial charge is 0.341 e. The Balaban J connectivity index is 2.62. The lowest BCUT2D eigenvalue weighted by atomic mass is 9.93. The summed E-state index contributed by atoms with van der Waals surface area (Å²) in [6.45, 7) is 7.26. The Labute approximate surface area is 98.4 Å². The number of rotatable bonds is 2. The molecule has 1 rings (SSSR count). The Hall–Kier alpha value is -1.04. The zero-order valence-corrected chi connectivity index (χ0v) is 10.6. The summed E-state index contributed by atoms with van der Waals surface area (Å²) in [6, 6.07) is 2.09. The highest BCUT2D eigenvalue weighted by molar-refractivity contribution is 5.84. The SMILES string of the molecule is CCC1CCCN(C(=O)C(C)(C)C#N)CC1. The van der Waals surface area contributed by atoms with E-state index in [9.17, 15) is 4.79 Å². The summed E-state index contributed by atoms with van der Waals surface area (Å²) in [5.74, 6) is 0.745. The number of nitriles is 1. The molecule has 1 atom stereocenters. The minimum Gasteiger partial charge on any atom is -0.341 e. The van der Waals surface area contributed by atoms with Crippen LogP contribution in [0.5, 0.6) is 0 Å². The van der Waals surface area contributed by atoms with Gasteiger partial charge in [-0.25, -0.2) is 0 Å². The summed E-state index contributed by atoms with van der Waals surface area (Å²) < 4.78 is 0. The molecule has 0 saturated carbocycles. The molecule has 0 aliphatic carbocycles. The Morgan fingerprint density at radius 2 is 2.12 bits per heavy atom. The van der Waals surface area contributed by atoms with E-state index in [-0.39, 0.29) is 5.91 Å². The van der Waals surface area contributed by atoms with Gasteiger partial charge in [0.05, 0.1) is 6.07 Å². The van der Waals surface area contributed by atoms with E-state index in [0.29, 0.717) is 0 Å². The van der Waals surface area contributed by atoms with Crippen LogP contribution in [-0.4, -0.2) is 23.9 Å². The minimum absolute atomic E-state index is 0.00764. The van der Waals surface area contributed by atoms with Gasteiger partial charge in [-0.2, -0.15) is 5.26 Å². The molecule has 1 aliphatic rings. The second-order valence-corrected chi connectivity index (χ2v) is 5.23. The van der Waals surface area contributed by atoms with Crippen molar-refractivity contribution < 1.29 is 4.79 Å². The van der Waals surface area contributed by atoms with E-state index >= 15 is 0 Å². The lowest BCUT2D eigenvalue weighted by molar-refractivity contribution is -0.137. The lowest BCUT2D eigenvalue weighted by Gasteiger charge is -2.26. The van der Waals surface area contributed by atoms with Crippen LogP contribution in [0.1, 0.15) is 46.5 Å². The summed E-state index contributed by atoms with van der Waals surface area (Å²) in [6.07, 6.45) is 4.58. The van der Waals surface area contributed by atoms with Crippen LogP contribution in [0.2, 0.25) is 0 Å². The van der Waals surface area contributed by atoms with E-state index in [0.717, 1.165) is 31.8 Å². The predicted octanol–water partition coefficient (Wildman–Crippen LogP) is 2.57. The standard InChI is InChI=1S/C13H22N2O/c1-4-11-6-5-8-15(9-7-11)12(16)13(2,3)10-14/h11H,4-9H2,1-3H3. The molecule has 3 heteroatoms. The zero-order valence-electron chi connectivity index (χ0n) is 10.6. The van der Waals surface area contributed by atoms with Crippen molar-refractivity contribution in [3.8, 4) is 6.07 Å². The average molecular weight is 222 g/mol. The first-order valence-electron chi connectivity index (χ1n) is 6.22. The van der Waals surface area contributed by atoms with Gasteiger partial charge in [0.1, 0.15) is 5.41 Å². The molecule has 90 valence electrons. The smallest absolute Gasteiger partial charge is 0.242 e. The van der Waals surface area contributed by atoms with Crippen LogP contribution in [0.3, 0.4) is 0 Å².